The number of aromatic nitrogens is 2. The zero-order valence-corrected chi connectivity index (χ0v) is 18.9. The van der Waals surface area contributed by atoms with Gasteiger partial charge in [0.15, 0.2) is 5.16 Å². The van der Waals surface area contributed by atoms with Gasteiger partial charge in [0.2, 0.25) is 5.91 Å². The SMILES string of the molecule is C=CCOc1ccccc1[C@H]1CC(=O)Nc2c1c(=O)nc(SCc1cccc(C)c1)n2C. The minimum Gasteiger partial charge on any atom is -0.489 e. The monoisotopic (exact) mass is 447 g/mol. The normalized spacial score (nSPS) is 15.1. The Morgan fingerprint density at radius 3 is 2.84 bits per heavy atom. The third-order valence-corrected chi connectivity index (χ3v) is 6.50. The Bertz CT molecular complexity index is 1240. The smallest absolute Gasteiger partial charge is 0.279 e. The summed E-state index contributed by atoms with van der Waals surface area (Å²) in [5, 5.41) is 3.46. The number of nitrogens with zero attached hydrogens (tertiary/aromatic N) is 2. The highest BCUT2D eigenvalue weighted by molar-refractivity contribution is 7.98. The summed E-state index contributed by atoms with van der Waals surface area (Å²) in [4.78, 5) is 30.2. The van der Waals surface area contributed by atoms with Crippen molar-refractivity contribution < 1.29 is 9.53 Å². The summed E-state index contributed by atoms with van der Waals surface area (Å²) >= 11 is 1.47. The Labute approximate surface area is 191 Å². The van der Waals surface area contributed by atoms with E-state index >= 15 is 0 Å². The van der Waals surface area contributed by atoms with Gasteiger partial charge in [-0.2, -0.15) is 4.98 Å². The van der Waals surface area contributed by atoms with E-state index in [2.05, 4.69) is 29.0 Å². The predicted molar refractivity (Wildman–Crippen MR) is 127 cm³/mol. The van der Waals surface area contributed by atoms with Crippen LogP contribution in [0.5, 0.6) is 5.75 Å². The molecule has 32 heavy (non-hydrogen) atoms. The van der Waals surface area contributed by atoms with E-state index in [9.17, 15) is 9.59 Å². The van der Waals surface area contributed by atoms with Gasteiger partial charge in [-0.25, -0.2) is 0 Å². The molecule has 7 heteroatoms. The second-order valence-electron chi connectivity index (χ2n) is 7.74. The molecule has 0 unspecified atom stereocenters. The predicted octanol–water partition coefficient (Wildman–Crippen LogP) is 4.42. The van der Waals surface area contributed by atoms with Gasteiger partial charge < -0.3 is 14.6 Å². The highest BCUT2D eigenvalue weighted by Crippen LogP contribution is 2.39. The maximum absolute atomic E-state index is 13.2. The van der Waals surface area contributed by atoms with Crippen molar-refractivity contribution in [1.29, 1.82) is 0 Å². The first kappa shape index (κ1) is 21.9. The Balaban J connectivity index is 1.72. The molecule has 1 amide bonds. The van der Waals surface area contributed by atoms with Crippen LogP contribution in [0.4, 0.5) is 5.82 Å². The van der Waals surface area contributed by atoms with Crippen molar-refractivity contribution in [3.05, 3.63) is 93.8 Å². The van der Waals surface area contributed by atoms with Crippen molar-refractivity contribution in [2.45, 2.75) is 30.2 Å². The Morgan fingerprint density at radius 1 is 1.25 bits per heavy atom. The number of carbonyl (C=O) groups is 1. The van der Waals surface area contributed by atoms with Gasteiger partial charge in [0.25, 0.3) is 5.56 Å². The van der Waals surface area contributed by atoms with Crippen LogP contribution in [0.15, 0.2) is 71.1 Å². The first-order chi connectivity index (χ1) is 15.5. The van der Waals surface area contributed by atoms with E-state index in [1.807, 2.05) is 50.4 Å². The summed E-state index contributed by atoms with van der Waals surface area (Å²) in [6.07, 6.45) is 1.82. The number of anilines is 1. The first-order valence-corrected chi connectivity index (χ1v) is 11.4. The molecule has 0 spiro atoms. The molecule has 1 aliphatic heterocycles. The lowest BCUT2D eigenvalue weighted by atomic mass is 9.86. The van der Waals surface area contributed by atoms with Gasteiger partial charge in [0.05, 0.1) is 5.56 Å². The number of amides is 1. The Morgan fingerprint density at radius 2 is 2.06 bits per heavy atom. The molecule has 1 aromatic heterocycles. The van der Waals surface area contributed by atoms with Crippen LogP contribution in [-0.2, 0) is 17.6 Å². The van der Waals surface area contributed by atoms with E-state index in [1.165, 1.54) is 17.3 Å². The van der Waals surface area contributed by atoms with Gasteiger partial charge in [0.1, 0.15) is 18.2 Å². The van der Waals surface area contributed by atoms with Crippen molar-refractivity contribution in [3.8, 4) is 5.75 Å². The summed E-state index contributed by atoms with van der Waals surface area (Å²) in [5.41, 5.74) is 3.29. The fourth-order valence-electron chi connectivity index (χ4n) is 3.93. The lowest BCUT2D eigenvalue weighted by molar-refractivity contribution is -0.116. The van der Waals surface area contributed by atoms with Gasteiger partial charge in [-0.3, -0.25) is 9.59 Å². The number of aryl methyl sites for hydroxylation is 1. The average Bonchev–Trinajstić information content (AvgIpc) is 2.78. The van der Waals surface area contributed by atoms with Crippen LogP contribution in [0, 0.1) is 6.92 Å². The van der Waals surface area contributed by atoms with Gasteiger partial charge in [0, 0.05) is 30.7 Å². The summed E-state index contributed by atoms with van der Waals surface area (Å²) in [6, 6.07) is 15.7. The number of benzene rings is 2. The molecule has 2 heterocycles. The van der Waals surface area contributed by atoms with Crippen LogP contribution in [0.25, 0.3) is 0 Å². The number of fused-ring (bicyclic) bond motifs is 1. The first-order valence-electron chi connectivity index (χ1n) is 10.4. The molecule has 0 saturated carbocycles. The lowest BCUT2D eigenvalue weighted by Gasteiger charge is -2.28. The van der Waals surface area contributed by atoms with E-state index < -0.39 is 5.92 Å². The molecule has 3 aromatic rings. The van der Waals surface area contributed by atoms with Crippen molar-refractivity contribution in [2.24, 2.45) is 7.05 Å². The van der Waals surface area contributed by atoms with E-state index in [0.29, 0.717) is 34.6 Å². The number of para-hydroxylation sites is 1. The van der Waals surface area contributed by atoms with Crippen LogP contribution < -0.4 is 15.6 Å². The molecule has 6 nitrogen and oxygen atoms in total. The number of hydrogen-bond acceptors (Lipinski definition) is 5. The quantitative estimate of drug-likeness (QED) is 0.330. The minimum absolute atomic E-state index is 0.142. The summed E-state index contributed by atoms with van der Waals surface area (Å²) in [7, 11) is 1.83. The van der Waals surface area contributed by atoms with Gasteiger partial charge in [-0.05, 0) is 18.6 Å². The maximum atomic E-state index is 13.2. The zero-order chi connectivity index (χ0) is 22.7. The molecule has 1 N–H and O–H groups in total. The molecule has 1 aliphatic rings. The molecule has 4 rings (SSSR count). The highest BCUT2D eigenvalue weighted by Gasteiger charge is 2.33. The third-order valence-electron chi connectivity index (χ3n) is 5.40. The van der Waals surface area contributed by atoms with Crippen LogP contribution in [0.3, 0.4) is 0 Å². The fourth-order valence-corrected chi connectivity index (χ4v) is 4.84. The van der Waals surface area contributed by atoms with Crippen molar-refractivity contribution in [3.63, 3.8) is 0 Å². The number of thioether (sulfide) groups is 1. The third kappa shape index (κ3) is 4.48. The highest BCUT2D eigenvalue weighted by atomic mass is 32.2. The molecule has 0 saturated heterocycles. The van der Waals surface area contributed by atoms with Gasteiger partial charge in [-0.15, -0.1) is 0 Å². The maximum Gasteiger partial charge on any atom is 0.279 e. The fraction of sp³-hybridized carbons (Fsp3) is 0.240. The zero-order valence-electron chi connectivity index (χ0n) is 18.1. The Hall–Kier alpha value is -3.32. The summed E-state index contributed by atoms with van der Waals surface area (Å²) in [5.74, 6) is 1.24. The standard InChI is InChI=1S/C25H25N3O3S/c1-4-12-31-20-11-6-5-10-18(20)19-14-21(29)26-23-22(19)24(30)27-25(28(23)3)32-15-17-9-7-8-16(2)13-17/h4-11,13,19H,1,12,14-15H2,2-3H3,(H,26,29)/t19-/m1/s1. The molecular weight excluding hydrogens is 422 g/mol. The Kier molecular flexibility index (Phi) is 6.46. The molecular formula is C25H25N3O3S. The summed E-state index contributed by atoms with van der Waals surface area (Å²) in [6.45, 7) is 6.08. The van der Waals surface area contributed by atoms with Crippen LogP contribution in [-0.4, -0.2) is 22.1 Å². The van der Waals surface area contributed by atoms with E-state index in [1.54, 1.807) is 10.6 Å². The van der Waals surface area contributed by atoms with Crippen LogP contribution in [0.2, 0.25) is 0 Å². The number of carbonyl (C=O) groups excluding carboxylic acids is 1. The van der Waals surface area contributed by atoms with E-state index in [0.717, 1.165) is 11.1 Å². The van der Waals surface area contributed by atoms with E-state index in [-0.39, 0.29) is 17.9 Å². The topological polar surface area (TPSA) is 73.2 Å². The average molecular weight is 448 g/mol. The summed E-state index contributed by atoms with van der Waals surface area (Å²) < 4.78 is 7.60. The van der Waals surface area contributed by atoms with Crippen molar-refractivity contribution in [1.82, 2.24) is 9.55 Å². The lowest BCUT2D eigenvalue weighted by Crippen LogP contribution is -2.33. The molecule has 164 valence electrons. The van der Waals surface area contributed by atoms with Gasteiger partial charge >= 0.3 is 0 Å². The van der Waals surface area contributed by atoms with Crippen molar-refractivity contribution >= 4 is 23.5 Å². The number of rotatable bonds is 7. The number of hydrogen-bond donors (Lipinski definition) is 1. The van der Waals surface area contributed by atoms with Crippen molar-refractivity contribution in [2.75, 3.05) is 11.9 Å². The molecule has 0 fully saturated rings. The molecule has 0 radical (unpaired) electrons. The molecule has 1 atom stereocenters. The molecule has 0 bridgehead atoms. The largest absolute Gasteiger partial charge is 0.489 e. The number of nitrogens with one attached hydrogen (secondary N) is 1. The molecule has 2 aromatic carbocycles. The second-order valence-corrected chi connectivity index (χ2v) is 8.68. The van der Waals surface area contributed by atoms with Crippen LogP contribution in [0.1, 0.15) is 34.6 Å². The van der Waals surface area contributed by atoms with E-state index in [4.69, 9.17) is 4.74 Å². The van der Waals surface area contributed by atoms with Crippen LogP contribution >= 0.6 is 11.8 Å². The molecule has 0 aliphatic carbocycles. The number of ether oxygens (including phenoxy) is 1. The second kappa shape index (κ2) is 9.44. The minimum atomic E-state index is -0.429. The van der Waals surface area contributed by atoms with Gasteiger partial charge in [-0.1, -0.05) is 72.4 Å².